The van der Waals surface area contributed by atoms with Crippen molar-refractivity contribution in [2.45, 2.75) is 26.0 Å². The fourth-order valence-electron chi connectivity index (χ4n) is 1.68. The van der Waals surface area contributed by atoms with E-state index in [0.717, 1.165) is 11.3 Å². The average molecular weight is 258 g/mol. The summed E-state index contributed by atoms with van der Waals surface area (Å²) in [6, 6.07) is 5.96. The van der Waals surface area contributed by atoms with Crippen molar-refractivity contribution < 1.29 is 9.84 Å². The highest BCUT2D eigenvalue weighted by atomic mass is 35.5. The number of hydrogen-bond acceptors (Lipinski definition) is 3. The van der Waals surface area contributed by atoms with Crippen LogP contribution in [0.25, 0.3) is 0 Å². The topological polar surface area (TPSA) is 32.7 Å². The van der Waals surface area contributed by atoms with Gasteiger partial charge in [-0.1, -0.05) is 17.7 Å². The molecule has 4 heteroatoms. The summed E-state index contributed by atoms with van der Waals surface area (Å²) in [4.78, 5) is 2.10. The maximum atomic E-state index is 9.51. The molecule has 0 aliphatic heterocycles. The lowest BCUT2D eigenvalue weighted by Gasteiger charge is -2.27. The van der Waals surface area contributed by atoms with Crippen molar-refractivity contribution in [3.63, 3.8) is 0 Å². The van der Waals surface area contributed by atoms with Crippen molar-refractivity contribution in [1.29, 1.82) is 0 Å². The Morgan fingerprint density at radius 2 is 2.06 bits per heavy atom. The molecule has 2 unspecified atom stereocenters. The predicted molar refractivity (Wildman–Crippen MR) is 71.8 cm³/mol. The summed E-state index contributed by atoms with van der Waals surface area (Å²) in [5.41, 5.74) is 1.77. The van der Waals surface area contributed by atoms with Gasteiger partial charge in [-0.2, -0.15) is 0 Å². The number of aliphatic hydroxyl groups excluding tert-OH is 1. The van der Waals surface area contributed by atoms with Crippen LogP contribution in [-0.4, -0.2) is 31.9 Å². The lowest BCUT2D eigenvalue weighted by Crippen LogP contribution is -2.32. The normalized spacial score (nSPS) is 14.5. The van der Waals surface area contributed by atoms with E-state index >= 15 is 0 Å². The molecule has 2 atom stereocenters. The van der Waals surface area contributed by atoms with Crippen LogP contribution in [0.3, 0.4) is 0 Å². The number of benzene rings is 1. The summed E-state index contributed by atoms with van der Waals surface area (Å²) < 4.78 is 5.12. The quantitative estimate of drug-likeness (QED) is 0.881. The van der Waals surface area contributed by atoms with Gasteiger partial charge in [-0.05, 0) is 31.5 Å². The SMILES string of the molecule is COCC(C)N(C)c1ccc(C(C)O)c(Cl)c1. The Hall–Kier alpha value is -0.770. The van der Waals surface area contributed by atoms with Gasteiger partial charge in [0.15, 0.2) is 0 Å². The number of ether oxygens (including phenoxy) is 1. The zero-order valence-electron chi connectivity index (χ0n) is 10.8. The zero-order valence-corrected chi connectivity index (χ0v) is 11.5. The van der Waals surface area contributed by atoms with Crippen molar-refractivity contribution in [3.05, 3.63) is 28.8 Å². The summed E-state index contributed by atoms with van der Waals surface area (Å²) in [6.07, 6.45) is -0.543. The maximum absolute atomic E-state index is 9.51. The molecule has 0 aliphatic carbocycles. The van der Waals surface area contributed by atoms with Gasteiger partial charge in [0.05, 0.1) is 12.7 Å². The van der Waals surface area contributed by atoms with Crippen LogP contribution in [-0.2, 0) is 4.74 Å². The van der Waals surface area contributed by atoms with E-state index in [2.05, 4.69) is 11.8 Å². The highest BCUT2D eigenvalue weighted by molar-refractivity contribution is 6.31. The molecular weight excluding hydrogens is 238 g/mol. The Labute approximate surface area is 108 Å². The van der Waals surface area contributed by atoms with Crippen molar-refractivity contribution in [3.8, 4) is 0 Å². The van der Waals surface area contributed by atoms with Gasteiger partial charge in [0.1, 0.15) is 0 Å². The number of anilines is 1. The predicted octanol–water partition coefficient (Wildman–Crippen LogP) is 2.86. The number of hydrogen-bond donors (Lipinski definition) is 1. The lowest BCUT2D eigenvalue weighted by molar-refractivity contribution is 0.183. The highest BCUT2D eigenvalue weighted by Gasteiger charge is 2.12. The highest BCUT2D eigenvalue weighted by Crippen LogP contribution is 2.28. The van der Waals surface area contributed by atoms with Crippen molar-refractivity contribution in [1.82, 2.24) is 0 Å². The van der Waals surface area contributed by atoms with Crippen LogP contribution < -0.4 is 4.90 Å². The third-order valence-electron chi connectivity index (χ3n) is 2.91. The first kappa shape index (κ1) is 14.3. The van der Waals surface area contributed by atoms with Crippen LogP contribution in [0.5, 0.6) is 0 Å². The number of aliphatic hydroxyl groups is 1. The Morgan fingerprint density at radius 3 is 2.53 bits per heavy atom. The second-order valence-corrected chi connectivity index (χ2v) is 4.70. The molecule has 96 valence electrons. The van der Waals surface area contributed by atoms with Crippen molar-refractivity contribution in [2.24, 2.45) is 0 Å². The molecule has 3 nitrogen and oxygen atoms in total. The zero-order chi connectivity index (χ0) is 13.0. The molecule has 0 fully saturated rings. The molecule has 1 aromatic rings. The van der Waals surface area contributed by atoms with Gasteiger partial charge in [0.25, 0.3) is 0 Å². The van der Waals surface area contributed by atoms with Gasteiger partial charge >= 0.3 is 0 Å². The van der Waals surface area contributed by atoms with E-state index in [1.807, 2.05) is 25.2 Å². The number of nitrogens with zero attached hydrogens (tertiary/aromatic N) is 1. The summed E-state index contributed by atoms with van der Waals surface area (Å²) in [5.74, 6) is 0. The molecule has 17 heavy (non-hydrogen) atoms. The first-order valence-corrected chi connectivity index (χ1v) is 6.04. The van der Waals surface area contributed by atoms with Crippen molar-refractivity contribution >= 4 is 17.3 Å². The Bertz CT molecular complexity index is 368. The monoisotopic (exact) mass is 257 g/mol. The number of methoxy groups -OCH3 is 1. The van der Waals surface area contributed by atoms with Crippen LogP contribution in [0.2, 0.25) is 5.02 Å². The van der Waals surface area contributed by atoms with E-state index in [0.29, 0.717) is 11.6 Å². The van der Waals surface area contributed by atoms with Crippen LogP contribution in [0.4, 0.5) is 5.69 Å². The Kier molecular flexibility index (Phi) is 5.25. The fraction of sp³-hybridized carbons (Fsp3) is 0.538. The van der Waals surface area contributed by atoms with Crippen LogP contribution in [0, 0.1) is 0 Å². The lowest BCUT2D eigenvalue weighted by atomic mass is 10.1. The molecule has 1 aromatic carbocycles. The van der Waals surface area contributed by atoms with E-state index in [-0.39, 0.29) is 6.04 Å². The molecular formula is C13H20ClNO2. The van der Waals surface area contributed by atoms with Gasteiger partial charge in [0.2, 0.25) is 0 Å². The van der Waals surface area contributed by atoms with Gasteiger partial charge in [-0.25, -0.2) is 0 Å². The molecule has 0 radical (unpaired) electrons. The molecule has 0 aliphatic rings. The Balaban J connectivity index is 2.89. The van der Waals surface area contributed by atoms with E-state index in [4.69, 9.17) is 16.3 Å². The third kappa shape index (κ3) is 3.60. The smallest absolute Gasteiger partial charge is 0.0776 e. The average Bonchev–Trinajstić information content (AvgIpc) is 2.27. The molecule has 0 amide bonds. The number of likely N-dealkylation sites (N-methyl/N-ethyl adjacent to an activating group) is 1. The summed E-state index contributed by atoms with van der Waals surface area (Å²) >= 11 is 6.13. The molecule has 0 aromatic heterocycles. The third-order valence-corrected chi connectivity index (χ3v) is 3.24. The van der Waals surface area contributed by atoms with Crippen molar-refractivity contribution in [2.75, 3.05) is 25.7 Å². The van der Waals surface area contributed by atoms with Gasteiger partial charge < -0.3 is 14.7 Å². The molecule has 0 saturated carbocycles. The minimum Gasteiger partial charge on any atom is -0.389 e. The van der Waals surface area contributed by atoms with Crippen LogP contribution >= 0.6 is 11.6 Å². The van der Waals surface area contributed by atoms with Crippen LogP contribution in [0.15, 0.2) is 18.2 Å². The second-order valence-electron chi connectivity index (χ2n) is 4.30. The minimum atomic E-state index is -0.543. The molecule has 0 saturated heterocycles. The largest absolute Gasteiger partial charge is 0.389 e. The van der Waals surface area contributed by atoms with E-state index in [1.54, 1.807) is 14.0 Å². The number of halogens is 1. The first-order chi connectivity index (χ1) is 7.97. The molecule has 0 bridgehead atoms. The maximum Gasteiger partial charge on any atom is 0.0776 e. The van der Waals surface area contributed by atoms with Gasteiger partial charge in [-0.15, -0.1) is 0 Å². The first-order valence-electron chi connectivity index (χ1n) is 5.66. The Morgan fingerprint density at radius 1 is 1.41 bits per heavy atom. The summed E-state index contributed by atoms with van der Waals surface area (Å²) in [5, 5.41) is 10.1. The fourth-order valence-corrected chi connectivity index (χ4v) is 2.01. The van der Waals surface area contributed by atoms with E-state index in [9.17, 15) is 5.11 Å². The van der Waals surface area contributed by atoms with E-state index in [1.165, 1.54) is 0 Å². The summed E-state index contributed by atoms with van der Waals surface area (Å²) in [7, 11) is 3.69. The van der Waals surface area contributed by atoms with Crippen LogP contribution in [0.1, 0.15) is 25.5 Å². The summed E-state index contributed by atoms with van der Waals surface area (Å²) in [6.45, 7) is 4.45. The van der Waals surface area contributed by atoms with Gasteiger partial charge in [-0.3, -0.25) is 0 Å². The number of rotatable bonds is 5. The second kappa shape index (κ2) is 6.24. The molecule has 0 heterocycles. The molecule has 1 N–H and O–H groups in total. The molecule has 0 spiro atoms. The standard InChI is InChI=1S/C13H20ClNO2/c1-9(8-17-4)15(3)11-5-6-12(10(2)16)13(14)7-11/h5-7,9-10,16H,8H2,1-4H3. The molecule has 1 rings (SSSR count). The minimum absolute atomic E-state index is 0.272. The van der Waals surface area contributed by atoms with E-state index < -0.39 is 6.10 Å². The van der Waals surface area contributed by atoms with Gasteiger partial charge in [0, 0.05) is 30.9 Å².